The molecule has 1 heterocycles. The van der Waals surface area contributed by atoms with Crippen LogP contribution in [0.15, 0.2) is 84.9 Å². The molecule has 4 aromatic carbocycles. The number of rotatable bonds is 12. The quantitative estimate of drug-likeness (QED) is 0.172. The van der Waals surface area contributed by atoms with E-state index in [2.05, 4.69) is 21.3 Å². The molecule has 9 nitrogen and oxygen atoms in total. The van der Waals surface area contributed by atoms with Crippen molar-refractivity contribution in [3.05, 3.63) is 96.1 Å². The van der Waals surface area contributed by atoms with E-state index in [1.165, 1.54) is 0 Å². The minimum absolute atomic E-state index is 0.0146. The van der Waals surface area contributed by atoms with Crippen LogP contribution in [0.5, 0.6) is 0 Å². The number of hydrogen-bond donors (Lipinski definition) is 5. The van der Waals surface area contributed by atoms with Crippen molar-refractivity contribution >= 4 is 45.2 Å². The molecule has 44 heavy (non-hydrogen) atoms. The third-order valence-corrected chi connectivity index (χ3v) is 8.15. The van der Waals surface area contributed by atoms with E-state index in [1.807, 2.05) is 84.9 Å². The van der Waals surface area contributed by atoms with E-state index >= 15 is 0 Å². The second-order valence-corrected chi connectivity index (χ2v) is 11.4. The van der Waals surface area contributed by atoms with Gasteiger partial charge in [-0.1, -0.05) is 84.9 Å². The monoisotopic (exact) mass is 593 g/mol. The number of hydrogen-bond acceptors (Lipinski definition) is 5. The van der Waals surface area contributed by atoms with Gasteiger partial charge in [-0.15, -0.1) is 0 Å². The van der Waals surface area contributed by atoms with Crippen LogP contribution < -0.4 is 27.0 Å². The highest BCUT2D eigenvalue weighted by molar-refractivity contribution is 5.93. The molecular weight excluding hydrogens is 554 g/mol. The van der Waals surface area contributed by atoms with Gasteiger partial charge in [0.1, 0.15) is 12.1 Å². The molecule has 1 aliphatic rings. The molecule has 5 rings (SSSR count). The summed E-state index contributed by atoms with van der Waals surface area (Å²) in [5.74, 6) is -1.76. The molecular formula is C35H39N5O4. The number of nitrogens with two attached hydrogens (primary N) is 1. The number of carbonyl (C=O) groups excluding carboxylic acids is 4. The summed E-state index contributed by atoms with van der Waals surface area (Å²) >= 11 is 0. The third-order valence-electron chi connectivity index (χ3n) is 8.15. The van der Waals surface area contributed by atoms with E-state index < -0.39 is 29.8 Å². The van der Waals surface area contributed by atoms with Crippen LogP contribution in [-0.4, -0.2) is 55.3 Å². The lowest BCUT2D eigenvalue weighted by molar-refractivity contribution is -0.133. The standard InChI is InChI=1S/C35H39N5O4/c36-32(41)15-18-38-34(43)30(21-23-9-11-25-5-1-3-7-28(25)19-23)40-35(44)31(39-33(42)27-13-16-37-17-14-27)22-24-10-12-26-6-2-4-8-29(26)20-24/h1-12,19-20,27,30-31,37H,13-18,21-22H2,(H2,36,41)(H,38,43)(H,39,42)(H,40,44). The smallest absolute Gasteiger partial charge is 0.243 e. The molecule has 2 atom stereocenters. The van der Waals surface area contributed by atoms with Crippen LogP contribution in [0.25, 0.3) is 21.5 Å². The van der Waals surface area contributed by atoms with Gasteiger partial charge in [-0.3, -0.25) is 19.2 Å². The van der Waals surface area contributed by atoms with Crippen molar-refractivity contribution in [1.82, 2.24) is 21.3 Å². The van der Waals surface area contributed by atoms with Crippen molar-refractivity contribution in [3.8, 4) is 0 Å². The Morgan fingerprint density at radius 1 is 0.705 bits per heavy atom. The zero-order chi connectivity index (χ0) is 30.9. The molecule has 0 bridgehead atoms. The Bertz CT molecular complexity index is 1650. The molecule has 1 aliphatic heterocycles. The fraction of sp³-hybridized carbons (Fsp3) is 0.314. The second kappa shape index (κ2) is 14.6. The van der Waals surface area contributed by atoms with Crippen molar-refractivity contribution in [2.24, 2.45) is 11.7 Å². The maximum atomic E-state index is 13.9. The number of piperidine rings is 1. The first-order valence-electron chi connectivity index (χ1n) is 15.2. The topological polar surface area (TPSA) is 142 Å². The fourth-order valence-corrected chi connectivity index (χ4v) is 5.70. The van der Waals surface area contributed by atoms with E-state index in [0.29, 0.717) is 12.8 Å². The highest BCUT2D eigenvalue weighted by Crippen LogP contribution is 2.19. The van der Waals surface area contributed by atoms with E-state index in [-0.39, 0.29) is 37.6 Å². The van der Waals surface area contributed by atoms with Gasteiger partial charge in [0, 0.05) is 31.7 Å². The highest BCUT2D eigenvalue weighted by atomic mass is 16.2. The van der Waals surface area contributed by atoms with E-state index in [0.717, 1.165) is 45.8 Å². The van der Waals surface area contributed by atoms with Gasteiger partial charge in [0.25, 0.3) is 0 Å². The molecule has 0 radical (unpaired) electrons. The van der Waals surface area contributed by atoms with Crippen LogP contribution in [0.4, 0.5) is 0 Å². The number of nitrogens with one attached hydrogen (secondary N) is 4. The van der Waals surface area contributed by atoms with Crippen molar-refractivity contribution in [2.45, 2.75) is 44.2 Å². The fourth-order valence-electron chi connectivity index (χ4n) is 5.70. The van der Waals surface area contributed by atoms with Gasteiger partial charge >= 0.3 is 0 Å². The summed E-state index contributed by atoms with van der Waals surface area (Å²) in [5, 5.41) is 16.1. The first-order chi connectivity index (χ1) is 21.4. The average Bonchev–Trinajstić information content (AvgIpc) is 3.04. The Morgan fingerprint density at radius 2 is 1.23 bits per heavy atom. The van der Waals surface area contributed by atoms with Crippen molar-refractivity contribution in [1.29, 1.82) is 0 Å². The van der Waals surface area contributed by atoms with Crippen LogP contribution in [0.2, 0.25) is 0 Å². The van der Waals surface area contributed by atoms with Gasteiger partial charge in [0.15, 0.2) is 0 Å². The van der Waals surface area contributed by atoms with Crippen LogP contribution in [0.3, 0.4) is 0 Å². The summed E-state index contributed by atoms with van der Waals surface area (Å²) in [6.45, 7) is 1.56. The predicted octanol–water partition coefficient (Wildman–Crippen LogP) is 2.74. The average molecular weight is 594 g/mol. The third kappa shape index (κ3) is 8.20. The predicted molar refractivity (Wildman–Crippen MR) is 172 cm³/mol. The Hall–Kier alpha value is -4.76. The maximum Gasteiger partial charge on any atom is 0.243 e. The number of fused-ring (bicyclic) bond motifs is 2. The minimum Gasteiger partial charge on any atom is -0.370 e. The molecule has 9 heteroatoms. The molecule has 0 aliphatic carbocycles. The van der Waals surface area contributed by atoms with Gasteiger partial charge < -0.3 is 27.0 Å². The summed E-state index contributed by atoms with van der Waals surface area (Å²) in [5.41, 5.74) is 7.02. The lowest BCUT2D eigenvalue weighted by Crippen LogP contribution is -2.56. The molecule has 6 N–H and O–H groups in total. The molecule has 0 saturated carbocycles. The number of amides is 4. The second-order valence-electron chi connectivity index (χ2n) is 11.4. The first kappa shape index (κ1) is 30.7. The molecule has 4 aromatic rings. The van der Waals surface area contributed by atoms with Gasteiger partial charge in [0.2, 0.25) is 23.6 Å². The summed E-state index contributed by atoms with van der Waals surface area (Å²) in [6, 6.07) is 26.0. The number of carbonyl (C=O) groups is 4. The maximum absolute atomic E-state index is 13.9. The van der Waals surface area contributed by atoms with Gasteiger partial charge in [-0.05, 0) is 58.6 Å². The zero-order valence-electron chi connectivity index (χ0n) is 24.7. The lowest BCUT2D eigenvalue weighted by Gasteiger charge is -2.27. The minimum atomic E-state index is -0.938. The van der Waals surface area contributed by atoms with E-state index in [4.69, 9.17) is 5.73 Å². The summed E-state index contributed by atoms with van der Waals surface area (Å²) in [4.78, 5) is 51.9. The Labute approximate surface area is 257 Å². The molecule has 4 amide bonds. The normalized spacial score (nSPS) is 14.9. The van der Waals surface area contributed by atoms with Crippen molar-refractivity contribution in [2.75, 3.05) is 19.6 Å². The van der Waals surface area contributed by atoms with Gasteiger partial charge in [-0.2, -0.15) is 0 Å². The van der Waals surface area contributed by atoms with Crippen molar-refractivity contribution in [3.63, 3.8) is 0 Å². The zero-order valence-corrected chi connectivity index (χ0v) is 24.7. The Balaban J connectivity index is 1.38. The van der Waals surface area contributed by atoms with Crippen LogP contribution in [0.1, 0.15) is 30.4 Å². The number of primary amides is 1. The molecule has 228 valence electrons. The molecule has 1 fully saturated rings. The summed E-state index contributed by atoms with van der Waals surface area (Å²) in [6.07, 6.45) is 1.87. The van der Waals surface area contributed by atoms with Gasteiger partial charge in [-0.25, -0.2) is 0 Å². The van der Waals surface area contributed by atoms with Crippen LogP contribution in [0, 0.1) is 5.92 Å². The SMILES string of the molecule is NC(=O)CCNC(=O)C(Cc1ccc2ccccc2c1)NC(=O)C(Cc1ccc2ccccc2c1)NC(=O)C1CCNCC1. The molecule has 1 saturated heterocycles. The van der Waals surface area contributed by atoms with E-state index in [1.54, 1.807) is 0 Å². The first-order valence-corrected chi connectivity index (χ1v) is 15.2. The molecule has 0 aromatic heterocycles. The largest absolute Gasteiger partial charge is 0.370 e. The van der Waals surface area contributed by atoms with E-state index in [9.17, 15) is 19.2 Å². The van der Waals surface area contributed by atoms with Crippen molar-refractivity contribution < 1.29 is 19.2 Å². The molecule has 0 spiro atoms. The van der Waals surface area contributed by atoms with Crippen LogP contribution in [-0.2, 0) is 32.0 Å². The number of benzene rings is 4. The van der Waals surface area contributed by atoms with Gasteiger partial charge in [0.05, 0.1) is 0 Å². The summed E-state index contributed by atoms with van der Waals surface area (Å²) < 4.78 is 0. The Morgan fingerprint density at radius 3 is 1.77 bits per heavy atom. The lowest BCUT2D eigenvalue weighted by atomic mass is 9.95. The summed E-state index contributed by atoms with van der Waals surface area (Å²) in [7, 11) is 0. The van der Waals surface area contributed by atoms with Crippen LogP contribution >= 0.6 is 0 Å². The molecule has 2 unspecified atom stereocenters. The highest BCUT2D eigenvalue weighted by Gasteiger charge is 2.30. The Kier molecular flexibility index (Phi) is 10.2.